The molecule has 0 amide bonds. The molecule has 1 rings (SSSR count). The molecule has 0 fully saturated rings. The van der Waals surface area contributed by atoms with Gasteiger partial charge >= 0.3 is 0 Å². The fraction of sp³-hybridized carbons (Fsp3) is 0.364. The fourth-order valence-electron chi connectivity index (χ4n) is 1.26. The van der Waals surface area contributed by atoms with Gasteiger partial charge in [0, 0.05) is 20.2 Å². The van der Waals surface area contributed by atoms with E-state index in [0.717, 1.165) is 5.56 Å². The van der Waals surface area contributed by atoms with Crippen molar-refractivity contribution in [3.8, 4) is 6.07 Å². The van der Waals surface area contributed by atoms with Gasteiger partial charge in [-0.05, 0) is 17.7 Å². The first-order valence-corrected chi connectivity index (χ1v) is 6.78. The first-order chi connectivity index (χ1) is 8.57. The van der Waals surface area contributed by atoms with E-state index < -0.39 is 10.2 Å². The number of nitrogens with zero attached hydrogens (tertiary/aromatic N) is 1. The Hall–Kier alpha value is -1.46. The smallest absolute Gasteiger partial charge is 0.277 e. The molecule has 6 nitrogen and oxygen atoms in total. The number of nitriles is 1. The average molecular weight is 269 g/mol. The molecule has 0 aliphatic heterocycles. The Kier molecular flexibility index (Phi) is 5.74. The van der Waals surface area contributed by atoms with E-state index in [0.29, 0.717) is 12.2 Å². The second-order valence-electron chi connectivity index (χ2n) is 3.52. The van der Waals surface area contributed by atoms with Crippen LogP contribution in [0, 0.1) is 11.3 Å². The summed E-state index contributed by atoms with van der Waals surface area (Å²) < 4.78 is 32.4. The third-order valence-corrected chi connectivity index (χ3v) is 3.23. The molecule has 1 aromatic rings. The van der Waals surface area contributed by atoms with Gasteiger partial charge in [-0.3, -0.25) is 0 Å². The molecule has 0 spiro atoms. The summed E-state index contributed by atoms with van der Waals surface area (Å²) in [6.07, 6.45) is 0. The van der Waals surface area contributed by atoms with Gasteiger partial charge in [0.15, 0.2) is 0 Å². The topological polar surface area (TPSA) is 91.2 Å². The molecule has 0 saturated carbocycles. The maximum Gasteiger partial charge on any atom is 0.277 e. The molecule has 0 aliphatic rings. The van der Waals surface area contributed by atoms with Gasteiger partial charge in [-0.25, -0.2) is 0 Å². The van der Waals surface area contributed by atoms with E-state index in [1.807, 2.05) is 6.07 Å². The normalized spacial score (nSPS) is 11.1. The Morgan fingerprint density at radius 3 is 2.83 bits per heavy atom. The highest BCUT2D eigenvalue weighted by Crippen LogP contribution is 2.03. The number of benzene rings is 1. The molecular weight excluding hydrogens is 254 g/mol. The predicted molar refractivity (Wildman–Crippen MR) is 66.8 cm³/mol. The molecular formula is C11H15N3O3S. The van der Waals surface area contributed by atoms with Gasteiger partial charge < -0.3 is 4.74 Å². The van der Waals surface area contributed by atoms with Gasteiger partial charge in [-0.1, -0.05) is 12.1 Å². The van der Waals surface area contributed by atoms with Gasteiger partial charge in [0.05, 0.1) is 18.2 Å². The van der Waals surface area contributed by atoms with Crippen LogP contribution in [0.1, 0.15) is 11.1 Å². The molecule has 7 heteroatoms. The molecule has 0 bridgehead atoms. The summed E-state index contributed by atoms with van der Waals surface area (Å²) in [6.45, 7) is 0.659. The molecule has 0 aliphatic carbocycles. The third-order valence-electron chi connectivity index (χ3n) is 2.12. The maximum absolute atomic E-state index is 11.5. The first kappa shape index (κ1) is 14.6. The van der Waals surface area contributed by atoms with Gasteiger partial charge in [0.1, 0.15) is 0 Å². The highest BCUT2D eigenvalue weighted by atomic mass is 32.2. The summed E-state index contributed by atoms with van der Waals surface area (Å²) in [4.78, 5) is 0. The SMILES string of the molecule is COCCNS(=O)(=O)NCc1cccc(C#N)c1. The monoisotopic (exact) mass is 269 g/mol. The molecule has 0 unspecified atom stereocenters. The van der Waals surface area contributed by atoms with E-state index >= 15 is 0 Å². The Morgan fingerprint density at radius 2 is 2.17 bits per heavy atom. The summed E-state index contributed by atoms with van der Waals surface area (Å²) in [7, 11) is -2.04. The Balaban J connectivity index is 2.51. The lowest BCUT2D eigenvalue weighted by molar-refractivity contribution is 0.204. The number of rotatable bonds is 7. The van der Waals surface area contributed by atoms with Gasteiger partial charge in [0.2, 0.25) is 0 Å². The molecule has 0 heterocycles. The van der Waals surface area contributed by atoms with Crippen molar-refractivity contribution in [2.24, 2.45) is 0 Å². The molecule has 18 heavy (non-hydrogen) atoms. The van der Waals surface area contributed by atoms with E-state index in [4.69, 9.17) is 10.00 Å². The number of ether oxygens (including phenoxy) is 1. The van der Waals surface area contributed by atoms with Crippen molar-refractivity contribution in [2.45, 2.75) is 6.54 Å². The zero-order valence-electron chi connectivity index (χ0n) is 10.0. The second-order valence-corrected chi connectivity index (χ2v) is 5.11. The number of hydrogen-bond acceptors (Lipinski definition) is 4. The van der Waals surface area contributed by atoms with Crippen LogP contribution in [0.15, 0.2) is 24.3 Å². The van der Waals surface area contributed by atoms with Crippen LogP contribution in [0.25, 0.3) is 0 Å². The Morgan fingerprint density at radius 1 is 1.39 bits per heavy atom. The van der Waals surface area contributed by atoms with Crippen molar-refractivity contribution in [3.63, 3.8) is 0 Å². The summed E-state index contributed by atoms with van der Waals surface area (Å²) in [5.41, 5.74) is 1.23. The predicted octanol–water partition coefficient (Wildman–Crippen LogP) is 0.129. The first-order valence-electron chi connectivity index (χ1n) is 5.29. The lowest BCUT2D eigenvalue weighted by atomic mass is 10.1. The molecule has 0 atom stereocenters. The van der Waals surface area contributed by atoms with E-state index in [2.05, 4.69) is 9.44 Å². The van der Waals surface area contributed by atoms with E-state index in [-0.39, 0.29) is 13.1 Å². The minimum Gasteiger partial charge on any atom is -0.383 e. The highest BCUT2D eigenvalue weighted by molar-refractivity contribution is 7.87. The van der Waals surface area contributed by atoms with Crippen LogP contribution in [-0.4, -0.2) is 28.7 Å². The zero-order valence-corrected chi connectivity index (χ0v) is 10.8. The molecule has 0 aromatic heterocycles. The zero-order chi connectivity index (χ0) is 13.4. The van der Waals surface area contributed by atoms with Crippen LogP contribution in [0.5, 0.6) is 0 Å². The quantitative estimate of drug-likeness (QED) is 0.688. The summed E-state index contributed by atoms with van der Waals surface area (Å²) in [6, 6.07) is 8.75. The number of nitrogens with one attached hydrogen (secondary N) is 2. The van der Waals surface area contributed by atoms with Crippen molar-refractivity contribution < 1.29 is 13.2 Å². The van der Waals surface area contributed by atoms with Gasteiger partial charge in [0.25, 0.3) is 10.2 Å². The van der Waals surface area contributed by atoms with Gasteiger partial charge in [-0.15, -0.1) is 0 Å². The van der Waals surface area contributed by atoms with Crippen LogP contribution in [0.3, 0.4) is 0 Å². The van der Waals surface area contributed by atoms with Crippen LogP contribution in [-0.2, 0) is 21.5 Å². The Bertz CT molecular complexity index is 523. The van der Waals surface area contributed by atoms with E-state index in [9.17, 15) is 8.42 Å². The average Bonchev–Trinajstić information content (AvgIpc) is 2.37. The van der Waals surface area contributed by atoms with Crippen molar-refractivity contribution >= 4 is 10.2 Å². The number of hydrogen-bond donors (Lipinski definition) is 2. The van der Waals surface area contributed by atoms with Crippen LogP contribution in [0.2, 0.25) is 0 Å². The molecule has 98 valence electrons. The lowest BCUT2D eigenvalue weighted by Crippen LogP contribution is -2.37. The summed E-state index contributed by atoms with van der Waals surface area (Å²) in [5, 5.41) is 8.72. The maximum atomic E-state index is 11.5. The summed E-state index contributed by atoms with van der Waals surface area (Å²) >= 11 is 0. The minimum absolute atomic E-state index is 0.137. The fourth-order valence-corrected chi connectivity index (χ4v) is 2.07. The molecule has 1 aromatic carbocycles. The van der Waals surface area contributed by atoms with E-state index in [1.54, 1.807) is 24.3 Å². The highest BCUT2D eigenvalue weighted by Gasteiger charge is 2.08. The Labute approximate surface area is 107 Å². The van der Waals surface area contributed by atoms with Crippen LogP contribution >= 0.6 is 0 Å². The van der Waals surface area contributed by atoms with Crippen molar-refractivity contribution in [1.82, 2.24) is 9.44 Å². The standard InChI is InChI=1S/C11H15N3O3S/c1-17-6-5-13-18(15,16)14-9-11-4-2-3-10(7-11)8-12/h2-4,7,13-14H,5-6,9H2,1H3. The second kappa shape index (κ2) is 7.08. The van der Waals surface area contributed by atoms with Gasteiger partial charge in [-0.2, -0.15) is 23.1 Å². The van der Waals surface area contributed by atoms with Crippen LogP contribution < -0.4 is 9.44 Å². The largest absolute Gasteiger partial charge is 0.383 e. The van der Waals surface area contributed by atoms with Crippen molar-refractivity contribution in [1.29, 1.82) is 5.26 Å². The van der Waals surface area contributed by atoms with Crippen molar-refractivity contribution in [3.05, 3.63) is 35.4 Å². The third kappa shape index (κ3) is 5.25. The molecule has 2 N–H and O–H groups in total. The summed E-state index contributed by atoms with van der Waals surface area (Å²) in [5.74, 6) is 0. The lowest BCUT2D eigenvalue weighted by Gasteiger charge is -2.08. The van der Waals surface area contributed by atoms with Crippen LogP contribution in [0.4, 0.5) is 0 Å². The van der Waals surface area contributed by atoms with E-state index in [1.165, 1.54) is 7.11 Å². The molecule has 0 saturated heterocycles. The minimum atomic E-state index is -3.53. The number of methoxy groups -OCH3 is 1. The molecule has 0 radical (unpaired) electrons. The van der Waals surface area contributed by atoms with Crippen molar-refractivity contribution in [2.75, 3.05) is 20.3 Å².